The van der Waals surface area contributed by atoms with Crippen molar-refractivity contribution in [1.29, 1.82) is 0 Å². The molecule has 2 aromatic heterocycles. The van der Waals surface area contributed by atoms with Crippen LogP contribution >= 0.6 is 11.3 Å². The lowest BCUT2D eigenvalue weighted by Crippen LogP contribution is -2.37. The van der Waals surface area contributed by atoms with Crippen molar-refractivity contribution in [3.63, 3.8) is 0 Å². The third kappa shape index (κ3) is 6.29. The van der Waals surface area contributed by atoms with Crippen molar-refractivity contribution in [3.8, 4) is 0 Å². The number of ether oxygens (including phenoxy) is 1. The predicted molar refractivity (Wildman–Crippen MR) is 110 cm³/mol. The number of amides is 2. The molecule has 2 amide bonds. The van der Waals surface area contributed by atoms with Gasteiger partial charge in [-0.2, -0.15) is 0 Å². The number of carboxylic acid groups (broad SMARTS) is 1. The Morgan fingerprint density at radius 3 is 2.70 bits per heavy atom. The first-order valence-electron chi connectivity index (χ1n) is 9.49. The Bertz CT molecular complexity index is 832. The zero-order chi connectivity index (χ0) is 21.9. The van der Waals surface area contributed by atoms with Gasteiger partial charge in [0.2, 0.25) is 16.9 Å². The molecule has 1 aliphatic rings. The van der Waals surface area contributed by atoms with E-state index >= 15 is 0 Å². The maximum atomic E-state index is 12.9. The largest absolute Gasteiger partial charge is 0.483 e. The minimum atomic E-state index is -0.362. The van der Waals surface area contributed by atoms with Crippen LogP contribution in [0.4, 0.5) is 5.13 Å². The van der Waals surface area contributed by atoms with E-state index in [0.717, 1.165) is 10.6 Å². The highest BCUT2D eigenvalue weighted by atomic mass is 32.1. The molecule has 0 radical (unpaired) electrons. The van der Waals surface area contributed by atoms with Crippen LogP contribution in [-0.4, -0.2) is 63.2 Å². The summed E-state index contributed by atoms with van der Waals surface area (Å²) < 4.78 is 5.32. The number of carbonyl (C=O) groups is 3. The van der Waals surface area contributed by atoms with Crippen molar-refractivity contribution in [1.82, 2.24) is 20.1 Å². The molecular weight excluding hydrogens is 410 g/mol. The molecule has 10 nitrogen and oxygen atoms in total. The highest BCUT2D eigenvalue weighted by Crippen LogP contribution is 2.29. The van der Waals surface area contributed by atoms with E-state index in [1.54, 1.807) is 22.2 Å². The van der Waals surface area contributed by atoms with E-state index in [4.69, 9.17) is 14.6 Å². The van der Waals surface area contributed by atoms with Crippen LogP contribution in [0.1, 0.15) is 30.8 Å². The Balaban J connectivity index is 0.00000101. The topological polar surface area (TPSA) is 126 Å². The summed E-state index contributed by atoms with van der Waals surface area (Å²) in [5.74, 6) is -0.463. The third-order valence-corrected chi connectivity index (χ3v) is 5.33. The molecule has 0 spiro atoms. The van der Waals surface area contributed by atoms with Gasteiger partial charge in [0.1, 0.15) is 11.6 Å². The van der Waals surface area contributed by atoms with E-state index in [1.807, 2.05) is 26.0 Å². The quantitative estimate of drug-likeness (QED) is 0.619. The van der Waals surface area contributed by atoms with Gasteiger partial charge in [-0.25, -0.2) is 0 Å². The van der Waals surface area contributed by atoms with Gasteiger partial charge in [0, 0.05) is 45.1 Å². The van der Waals surface area contributed by atoms with Gasteiger partial charge in [-0.15, -0.1) is 10.2 Å². The van der Waals surface area contributed by atoms with Crippen molar-refractivity contribution in [2.45, 2.75) is 33.4 Å². The first-order valence-corrected chi connectivity index (χ1v) is 10.3. The lowest BCUT2D eigenvalue weighted by molar-refractivity contribution is -0.136. The Hall–Kier alpha value is -2.92. The summed E-state index contributed by atoms with van der Waals surface area (Å²) in [6.07, 6.45) is 3.62. The number of hydrogen-bond donors (Lipinski definition) is 1. The van der Waals surface area contributed by atoms with Crippen molar-refractivity contribution in [2.24, 2.45) is 5.92 Å². The fraction of sp³-hybridized carbons (Fsp3) is 0.474. The second kappa shape index (κ2) is 11.9. The summed E-state index contributed by atoms with van der Waals surface area (Å²) >= 11 is 1.33. The number of hydrogen-bond acceptors (Lipinski definition) is 8. The van der Waals surface area contributed by atoms with Gasteiger partial charge >= 0.3 is 0 Å². The minimum absolute atomic E-state index is 0.00998. The smallest absolute Gasteiger partial charge is 0.290 e. The molecule has 30 heavy (non-hydrogen) atoms. The fourth-order valence-electron chi connectivity index (χ4n) is 2.97. The summed E-state index contributed by atoms with van der Waals surface area (Å²) in [6, 6.07) is 3.78. The lowest BCUT2D eigenvalue weighted by atomic mass is 10.1. The molecule has 0 saturated carbocycles. The number of pyridine rings is 1. The van der Waals surface area contributed by atoms with Gasteiger partial charge in [-0.05, 0) is 31.5 Å². The first-order chi connectivity index (χ1) is 14.5. The molecule has 162 valence electrons. The molecule has 2 aromatic rings. The molecule has 0 bridgehead atoms. The molecule has 1 atom stereocenters. The normalized spacial score (nSPS) is 15.5. The highest BCUT2D eigenvalue weighted by molar-refractivity contribution is 7.15. The lowest BCUT2D eigenvalue weighted by Gasteiger charge is -2.24. The van der Waals surface area contributed by atoms with E-state index in [0.29, 0.717) is 38.0 Å². The molecule has 3 heterocycles. The van der Waals surface area contributed by atoms with Gasteiger partial charge in [0.05, 0.1) is 5.92 Å². The Morgan fingerprint density at radius 1 is 1.37 bits per heavy atom. The predicted octanol–water partition coefficient (Wildman–Crippen LogP) is 1.57. The molecular formula is C19H25N5O5S. The molecule has 1 unspecified atom stereocenters. The second-order valence-corrected chi connectivity index (χ2v) is 7.37. The zero-order valence-corrected chi connectivity index (χ0v) is 17.7. The summed E-state index contributed by atoms with van der Waals surface area (Å²) in [5, 5.41) is 16.3. The number of rotatable bonds is 8. The van der Waals surface area contributed by atoms with E-state index in [-0.39, 0.29) is 30.6 Å². The van der Waals surface area contributed by atoms with Crippen LogP contribution in [0.25, 0.3) is 0 Å². The van der Waals surface area contributed by atoms with Crippen LogP contribution in [0.15, 0.2) is 24.5 Å². The van der Waals surface area contributed by atoms with Crippen molar-refractivity contribution in [2.75, 3.05) is 24.6 Å². The van der Waals surface area contributed by atoms with Crippen molar-refractivity contribution in [3.05, 3.63) is 35.1 Å². The van der Waals surface area contributed by atoms with E-state index in [1.165, 1.54) is 11.3 Å². The van der Waals surface area contributed by atoms with Gasteiger partial charge in [-0.1, -0.05) is 11.3 Å². The standard InChI is InChI=1S/C18H23N5O3S.CH2O2/c1-3-22(10-13-5-7-19-8-6-13)17(25)14-9-16(24)23(11-14)18-21-20-15(27-18)12-26-4-2;2-1-3/h5-8,14H,3-4,9-12H2,1-2H3;1H,(H,2,3). The van der Waals surface area contributed by atoms with Crippen LogP contribution in [0, 0.1) is 5.92 Å². The highest BCUT2D eigenvalue weighted by Gasteiger charge is 2.38. The average molecular weight is 436 g/mol. The Morgan fingerprint density at radius 2 is 2.07 bits per heavy atom. The number of aromatic nitrogens is 3. The third-order valence-electron chi connectivity index (χ3n) is 4.41. The Kier molecular flexibility index (Phi) is 9.29. The molecule has 0 aliphatic carbocycles. The van der Waals surface area contributed by atoms with Crippen LogP contribution in [0.2, 0.25) is 0 Å². The van der Waals surface area contributed by atoms with Gasteiger partial charge in [0.25, 0.3) is 6.47 Å². The first kappa shape index (κ1) is 23.4. The Labute approximate surface area is 178 Å². The van der Waals surface area contributed by atoms with Gasteiger partial charge in [0.15, 0.2) is 0 Å². The average Bonchev–Trinajstić information content (AvgIpc) is 3.37. The summed E-state index contributed by atoms with van der Waals surface area (Å²) in [6.45, 7) is 6.02. The van der Waals surface area contributed by atoms with Gasteiger partial charge in [-0.3, -0.25) is 24.3 Å². The number of anilines is 1. The number of carbonyl (C=O) groups excluding carboxylic acids is 2. The van der Waals surface area contributed by atoms with Crippen LogP contribution in [0.3, 0.4) is 0 Å². The zero-order valence-electron chi connectivity index (χ0n) is 16.9. The molecule has 1 aliphatic heterocycles. The summed E-state index contributed by atoms with van der Waals surface area (Å²) in [4.78, 5) is 41.1. The van der Waals surface area contributed by atoms with Crippen LogP contribution in [0.5, 0.6) is 0 Å². The molecule has 1 N–H and O–H groups in total. The molecule has 0 aromatic carbocycles. The summed E-state index contributed by atoms with van der Waals surface area (Å²) in [7, 11) is 0. The van der Waals surface area contributed by atoms with Crippen molar-refractivity contribution < 1.29 is 24.2 Å². The molecule has 1 fully saturated rings. The fourth-order valence-corrected chi connectivity index (χ4v) is 3.77. The second-order valence-electron chi connectivity index (χ2n) is 6.33. The summed E-state index contributed by atoms with van der Waals surface area (Å²) in [5.41, 5.74) is 1.02. The number of nitrogens with zero attached hydrogens (tertiary/aromatic N) is 5. The van der Waals surface area contributed by atoms with E-state index < -0.39 is 0 Å². The van der Waals surface area contributed by atoms with E-state index in [2.05, 4.69) is 15.2 Å². The monoisotopic (exact) mass is 435 g/mol. The molecule has 1 saturated heterocycles. The SMILES string of the molecule is CCOCc1nnc(N2CC(C(=O)N(CC)Cc3ccncc3)CC2=O)s1.O=CO. The van der Waals surface area contributed by atoms with Crippen LogP contribution in [-0.2, 0) is 32.3 Å². The van der Waals surface area contributed by atoms with E-state index in [9.17, 15) is 9.59 Å². The minimum Gasteiger partial charge on any atom is -0.483 e. The molecule has 11 heteroatoms. The maximum absolute atomic E-state index is 12.9. The van der Waals surface area contributed by atoms with Crippen molar-refractivity contribution >= 4 is 34.8 Å². The maximum Gasteiger partial charge on any atom is 0.290 e. The van der Waals surface area contributed by atoms with Gasteiger partial charge < -0.3 is 14.7 Å². The molecule has 3 rings (SSSR count). The van der Waals surface area contributed by atoms with Crippen LogP contribution < -0.4 is 4.90 Å².